The number of aliphatic hydroxyl groups is 1. The van der Waals surface area contributed by atoms with Crippen LogP contribution in [-0.2, 0) is 22.4 Å². The van der Waals surface area contributed by atoms with Crippen molar-refractivity contribution in [1.29, 1.82) is 0 Å². The number of hydrogen-bond donors (Lipinski definition) is 1. The van der Waals surface area contributed by atoms with Crippen LogP contribution in [0.3, 0.4) is 0 Å². The van der Waals surface area contributed by atoms with E-state index in [-0.39, 0.29) is 25.8 Å². The molecule has 0 bridgehead atoms. The molecule has 0 heterocycles. The number of esters is 1. The maximum atomic E-state index is 11.7. The monoisotopic (exact) mass is 436 g/mol. The molecule has 1 aliphatic carbocycles. The minimum Gasteiger partial charge on any atom is -0.491 e. The third kappa shape index (κ3) is 6.23. The van der Waals surface area contributed by atoms with Gasteiger partial charge in [-0.15, -0.1) is 0 Å². The standard InChI is InChI=1S/C28H36O4/c1-4-21-18-23(22-8-6-5-7-9-22)10-12-26(21)24-11-13-27(31-17-15-29)25(19-24)14-16-32-28(30)20(2)3/h10-13,18-19,22,29H,2,4-9,14-17H2,1,3H3. The summed E-state index contributed by atoms with van der Waals surface area (Å²) in [4.78, 5) is 11.7. The van der Waals surface area contributed by atoms with Crippen molar-refractivity contribution >= 4 is 5.97 Å². The maximum absolute atomic E-state index is 11.7. The van der Waals surface area contributed by atoms with Crippen molar-refractivity contribution in [2.75, 3.05) is 19.8 Å². The van der Waals surface area contributed by atoms with Gasteiger partial charge in [-0.2, -0.15) is 0 Å². The normalized spacial score (nSPS) is 14.2. The smallest absolute Gasteiger partial charge is 0.333 e. The molecule has 3 rings (SSSR count). The van der Waals surface area contributed by atoms with Crippen molar-refractivity contribution in [3.63, 3.8) is 0 Å². The molecule has 0 aliphatic heterocycles. The number of aliphatic hydroxyl groups excluding tert-OH is 1. The molecule has 2 aromatic rings. The summed E-state index contributed by atoms with van der Waals surface area (Å²) < 4.78 is 11.0. The van der Waals surface area contributed by atoms with E-state index < -0.39 is 0 Å². The Morgan fingerprint density at radius 2 is 1.84 bits per heavy atom. The fourth-order valence-electron chi connectivity index (χ4n) is 4.49. The van der Waals surface area contributed by atoms with Crippen molar-refractivity contribution in [3.8, 4) is 16.9 Å². The number of carbonyl (C=O) groups excluding carboxylic acids is 1. The van der Waals surface area contributed by atoms with Gasteiger partial charge in [-0.1, -0.05) is 57.0 Å². The van der Waals surface area contributed by atoms with Crippen molar-refractivity contribution in [1.82, 2.24) is 0 Å². The summed E-state index contributed by atoms with van der Waals surface area (Å²) in [6.45, 7) is 7.91. The van der Waals surface area contributed by atoms with Gasteiger partial charge in [0.1, 0.15) is 12.4 Å². The van der Waals surface area contributed by atoms with E-state index in [0.717, 1.165) is 17.5 Å². The molecule has 0 aromatic heterocycles. The van der Waals surface area contributed by atoms with Crippen LogP contribution < -0.4 is 4.74 Å². The predicted molar refractivity (Wildman–Crippen MR) is 129 cm³/mol. The van der Waals surface area contributed by atoms with Crippen LogP contribution in [0.4, 0.5) is 0 Å². The average Bonchev–Trinajstić information content (AvgIpc) is 2.83. The molecule has 0 saturated heterocycles. The highest BCUT2D eigenvalue weighted by Crippen LogP contribution is 2.36. The molecular formula is C28H36O4. The van der Waals surface area contributed by atoms with Gasteiger partial charge < -0.3 is 14.6 Å². The van der Waals surface area contributed by atoms with Crippen LogP contribution in [0.2, 0.25) is 0 Å². The summed E-state index contributed by atoms with van der Waals surface area (Å²) in [5.74, 6) is 1.02. The Morgan fingerprint density at radius 1 is 1.06 bits per heavy atom. The molecular weight excluding hydrogens is 400 g/mol. The van der Waals surface area contributed by atoms with Gasteiger partial charge in [-0.3, -0.25) is 0 Å². The molecule has 0 amide bonds. The Labute approximate surface area is 192 Å². The zero-order chi connectivity index (χ0) is 22.9. The minimum atomic E-state index is -0.384. The van der Waals surface area contributed by atoms with Crippen molar-refractivity contribution in [3.05, 3.63) is 65.2 Å². The summed E-state index contributed by atoms with van der Waals surface area (Å²) >= 11 is 0. The van der Waals surface area contributed by atoms with Gasteiger partial charge in [0.25, 0.3) is 0 Å². The highest BCUT2D eigenvalue weighted by molar-refractivity contribution is 5.86. The van der Waals surface area contributed by atoms with Gasteiger partial charge in [-0.05, 0) is 72.1 Å². The fourth-order valence-corrected chi connectivity index (χ4v) is 4.49. The second kappa shape index (κ2) is 11.9. The molecule has 1 fully saturated rings. The molecule has 0 radical (unpaired) electrons. The second-order valence-electron chi connectivity index (χ2n) is 8.67. The van der Waals surface area contributed by atoms with Gasteiger partial charge in [0.05, 0.1) is 13.2 Å². The van der Waals surface area contributed by atoms with Gasteiger partial charge in [0.15, 0.2) is 0 Å². The van der Waals surface area contributed by atoms with Gasteiger partial charge in [0, 0.05) is 12.0 Å². The van der Waals surface area contributed by atoms with E-state index in [0.29, 0.717) is 23.7 Å². The van der Waals surface area contributed by atoms with Crippen molar-refractivity contribution in [2.24, 2.45) is 0 Å². The Morgan fingerprint density at radius 3 is 2.53 bits per heavy atom. The molecule has 0 unspecified atom stereocenters. The highest BCUT2D eigenvalue weighted by atomic mass is 16.5. The first-order chi connectivity index (χ1) is 15.5. The summed E-state index contributed by atoms with van der Waals surface area (Å²) in [7, 11) is 0. The molecule has 1 N–H and O–H groups in total. The summed E-state index contributed by atoms with van der Waals surface area (Å²) in [5.41, 5.74) is 6.55. The Kier molecular flexibility index (Phi) is 8.92. The van der Waals surface area contributed by atoms with E-state index in [1.165, 1.54) is 48.8 Å². The molecule has 32 heavy (non-hydrogen) atoms. The number of aryl methyl sites for hydroxylation is 1. The molecule has 1 aliphatic rings. The first kappa shape index (κ1) is 24.1. The van der Waals surface area contributed by atoms with Crippen molar-refractivity contribution in [2.45, 2.75) is 64.7 Å². The van der Waals surface area contributed by atoms with Gasteiger partial charge >= 0.3 is 5.97 Å². The van der Waals surface area contributed by atoms with E-state index in [4.69, 9.17) is 14.6 Å². The van der Waals surface area contributed by atoms with E-state index in [9.17, 15) is 4.79 Å². The number of rotatable bonds is 10. The molecule has 172 valence electrons. The number of carbonyl (C=O) groups is 1. The van der Waals surface area contributed by atoms with Crippen LogP contribution in [-0.4, -0.2) is 30.9 Å². The number of ether oxygens (including phenoxy) is 2. The van der Waals surface area contributed by atoms with E-state index in [2.05, 4.69) is 43.8 Å². The average molecular weight is 437 g/mol. The Bertz CT molecular complexity index is 925. The maximum Gasteiger partial charge on any atom is 0.333 e. The molecule has 2 aromatic carbocycles. The fraction of sp³-hybridized carbons (Fsp3) is 0.464. The van der Waals surface area contributed by atoms with Crippen LogP contribution >= 0.6 is 0 Å². The first-order valence-corrected chi connectivity index (χ1v) is 11.9. The lowest BCUT2D eigenvalue weighted by molar-refractivity contribution is -0.138. The lowest BCUT2D eigenvalue weighted by Crippen LogP contribution is -2.10. The second-order valence-corrected chi connectivity index (χ2v) is 8.67. The summed E-state index contributed by atoms with van der Waals surface area (Å²) in [6.07, 6.45) is 8.15. The van der Waals surface area contributed by atoms with Crippen LogP contribution in [0.5, 0.6) is 5.75 Å². The molecule has 4 heteroatoms. The first-order valence-electron chi connectivity index (χ1n) is 11.9. The molecule has 0 spiro atoms. The van der Waals surface area contributed by atoms with E-state index >= 15 is 0 Å². The van der Waals surface area contributed by atoms with Crippen LogP contribution in [0, 0.1) is 0 Å². The lowest BCUT2D eigenvalue weighted by Gasteiger charge is -2.23. The van der Waals surface area contributed by atoms with Gasteiger partial charge in [-0.25, -0.2) is 4.79 Å². The molecule has 1 saturated carbocycles. The number of hydrogen-bond acceptors (Lipinski definition) is 4. The number of benzene rings is 2. The minimum absolute atomic E-state index is 0.0472. The van der Waals surface area contributed by atoms with Crippen LogP contribution in [0.25, 0.3) is 11.1 Å². The van der Waals surface area contributed by atoms with Crippen LogP contribution in [0.1, 0.15) is 68.6 Å². The van der Waals surface area contributed by atoms with Crippen molar-refractivity contribution < 1.29 is 19.4 Å². The quantitative estimate of drug-likeness (QED) is 0.367. The largest absolute Gasteiger partial charge is 0.491 e. The molecule has 4 nitrogen and oxygen atoms in total. The third-order valence-corrected chi connectivity index (χ3v) is 6.26. The Balaban J connectivity index is 1.85. The Hall–Kier alpha value is -2.59. The summed E-state index contributed by atoms with van der Waals surface area (Å²) in [6, 6.07) is 13.1. The van der Waals surface area contributed by atoms with Crippen LogP contribution in [0.15, 0.2) is 48.6 Å². The van der Waals surface area contributed by atoms with E-state index in [1.54, 1.807) is 6.92 Å². The lowest BCUT2D eigenvalue weighted by atomic mass is 9.82. The topological polar surface area (TPSA) is 55.8 Å². The SMILES string of the molecule is C=C(C)C(=O)OCCc1cc(-c2ccc(C3CCCCC3)cc2CC)ccc1OCCO. The predicted octanol–water partition coefficient (Wildman–Crippen LogP) is 6.00. The van der Waals surface area contributed by atoms with Gasteiger partial charge in [0.2, 0.25) is 0 Å². The third-order valence-electron chi connectivity index (χ3n) is 6.26. The zero-order valence-corrected chi connectivity index (χ0v) is 19.5. The van der Waals surface area contributed by atoms with E-state index in [1.807, 2.05) is 6.07 Å². The highest BCUT2D eigenvalue weighted by Gasteiger charge is 2.17. The zero-order valence-electron chi connectivity index (χ0n) is 19.5. The summed E-state index contributed by atoms with van der Waals surface area (Å²) in [5, 5.41) is 9.16. The molecule has 0 atom stereocenters.